The summed E-state index contributed by atoms with van der Waals surface area (Å²) in [7, 11) is 0. The zero-order chi connectivity index (χ0) is 11.8. The van der Waals surface area contributed by atoms with Gasteiger partial charge >= 0.3 is 0 Å². The molecule has 2 aliphatic heterocycles. The second-order valence-corrected chi connectivity index (χ2v) is 6.29. The van der Waals surface area contributed by atoms with Crippen molar-refractivity contribution in [2.24, 2.45) is 11.8 Å². The minimum atomic E-state index is -0.0771. The zero-order valence-corrected chi connectivity index (χ0v) is 10.9. The van der Waals surface area contributed by atoms with E-state index in [4.69, 9.17) is 0 Å². The second-order valence-electron chi connectivity index (χ2n) is 6.29. The molecule has 17 heavy (non-hydrogen) atoms. The number of likely N-dealkylation sites (tertiary alicyclic amines) is 1. The monoisotopic (exact) mass is 238 g/mol. The molecule has 2 saturated heterocycles. The Morgan fingerprint density at radius 1 is 1.12 bits per heavy atom. The van der Waals surface area contributed by atoms with E-state index in [2.05, 4.69) is 17.1 Å². The third-order valence-corrected chi connectivity index (χ3v) is 5.35. The molecule has 0 aromatic heterocycles. The molecule has 3 aliphatic rings. The summed E-state index contributed by atoms with van der Waals surface area (Å²) in [6.45, 7) is 5.95. The van der Waals surface area contributed by atoms with E-state index in [0.717, 1.165) is 18.3 Å². The first-order valence-electron chi connectivity index (χ1n) is 7.42. The van der Waals surface area contributed by atoms with Crippen LogP contribution in [0.4, 0.5) is 0 Å². The van der Waals surface area contributed by atoms with Crippen molar-refractivity contribution in [3.8, 4) is 0 Å². The van der Waals surface area contributed by atoms with Gasteiger partial charge in [-0.05, 0) is 44.7 Å². The summed E-state index contributed by atoms with van der Waals surface area (Å²) < 4.78 is 0. The first-order valence-corrected chi connectivity index (χ1v) is 7.42. The van der Waals surface area contributed by atoms with E-state index in [1.165, 1.54) is 45.3 Å². The highest BCUT2D eigenvalue weighted by Gasteiger charge is 2.45. The first-order chi connectivity index (χ1) is 8.27. The zero-order valence-electron chi connectivity index (χ0n) is 10.9. The van der Waals surface area contributed by atoms with E-state index < -0.39 is 0 Å². The summed E-state index contributed by atoms with van der Waals surface area (Å²) >= 11 is 0. The van der Waals surface area contributed by atoms with Crippen LogP contribution in [0.2, 0.25) is 0 Å². The van der Waals surface area contributed by atoms with E-state index in [-0.39, 0.29) is 6.10 Å². The van der Waals surface area contributed by atoms with Crippen LogP contribution in [-0.2, 0) is 0 Å². The molecule has 5 atom stereocenters. The molecule has 5 unspecified atom stereocenters. The van der Waals surface area contributed by atoms with Crippen molar-refractivity contribution in [1.29, 1.82) is 0 Å². The van der Waals surface area contributed by atoms with Crippen LogP contribution in [0, 0.1) is 11.8 Å². The lowest BCUT2D eigenvalue weighted by molar-refractivity contribution is 0.0346. The van der Waals surface area contributed by atoms with Crippen LogP contribution in [0.25, 0.3) is 0 Å². The number of aliphatic hydroxyl groups excluding tert-OH is 1. The molecule has 3 heteroatoms. The van der Waals surface area contributed by atoms with Gasteiger partial charge in [0.2, 0.25) is 0 Å². The molecular formula is C14H26N2O. The van der Waals surface area contributed by atoms with Crippen molar-refractivity contribution >= 4 is 0 Å². The van der Waals surface area contributed by atoms with Gasteiger partial charge in [0.25, 0.3) is 0 Å². The molecule has 98 valence electrons. The highest BCUT2D eigenvalue weighted by atomic mass is 16.3. The molecule has 3 rings (SSSR count). The standard InChI is InChI=1S/C14H26N2O/c1-10-12-8-15-7-11(12)9-16(10)13-5-3-2-4-6-14(13)17/h10-15,17H,2-9H2,1H3. The maximum atomic E-state index is 10.3. The highest BCUT2D eigenvalue weighted by molar-refractivity contribution is 5.00. The molecule has 0 aromatic rings. The summed E-state index contributed by atoms with van der Waals surface area (Å²) in [5.74, 6) is 1.66. The normalized spacial score (nSPS) is 48.0. The fraction of sp³-hybridized carbons (Fsp3) is 1.00. The molecule has 0 radical (unpaired) electrons. The van der Waals surface area contributed by atoms with Gasteiger partial charge in [0.1, 0.15) is 0 Å². The first kappa shape index (κ1) is 11.9. The van der Waals surface area contributed by atoms with E-state index in [0.29, 0.717) is 12.1 Å². The van der Waals surface area contributed by atoms with Gasteiger partial charge in [-0.25, -0.2) is 0 Å². The summed E-state index contributed by atoms with van der Waals surface area (Å²) in [5.41, 5.74) is 0. The predicted molar refractivity (Wildman–Crippen MR) is 68.9 cm³/mol. The SMILES string of the molecule is CC1C2CNCC2CN1C1CCCCCC1O. The van der Waals surface area contributed by atoms with Gasteiger partial charge in [0.05, 0.1) is 6.10 Å². The summed E-state index contributed by atoms with van der Waals surface area (Å²) in [5, 5.41) is 13.8. The maximum Gasteiger partial charge on any atom is 0.0695 e. The van der Waals surface area contributed by atoms with Crippen molar-refractivity contribution in [1.82, 2.24) is 10.2 Å². The molecule has 3 fully saturated rings. The number of nitrogens with one attached hydrogen (secondary N) is 1. The third-order valence-electron chi connectivity index (χ3n) is 5.35. The number of hydrogen-bond donors (Lipinski definition) is 2. The Labute approximate surface area is 105 Å². The maximum absolute atomic E-state index is 10.3. The lowest BCUT2D eigenvalue weighted by atomic mass is 9.95. The Kier molecular flexibility index (Phi) is 3.42. The van der Waals surface area contributed by atoms with Gasteiger partial charge in [-0.2, -0.15) is 0 Å². The third kappa shape index (κ3) is 2.13. The number of hydrogen-bond acceptors (Lipinski definition) is 3. The number of rotatable bonds is 1. The highest BCUT2D eigenvalue weighted by Crippen LogP contribution is 2.36. The van der Waals surface area contributed by atoms with Crippen LogP contribution in [0.3, 0.4) is 0 Å². The van der Waals surface area contributed by atoms with Crippen molar-refractivity contribution in [3.63, 3.8) is 0 Å². The molecule has 3 nitrogen and oxygen atoms in total. The van der Waals surface area contributed by atoms with Crippen LogP contribution < -0.4 is 5.32 Å². The number of fused-ring (bicyclic) bond motifs is 1. The minimum absolute atomic E-state index is 0.0771. The predicted octanol–water partition coefficient (Wildman–Crippen LogP) is 1.22. The van der Waals surface area contributed by atoms with Crippen LogP contribution in [0.5, 0.6) is 0 Å². The molecule has 1 saturated carbocycles. The van der Waals surface area contributed by atoms with Gasteiger partial charge in [-0.1, -0.05) is 19.3 Å². The average molecular weight is 238 g/mol. The Hall–Kier alpha value is -0.120. The molecular weight excluding hydrogens is 212 g/mol. The smallest absolute Gasteiger partial charge is 0.0695 e. The quantitative estimate of drug-likeness (QED) is 0.674. The summed E-state index contributed by atoms with van der Waals surface area (Å²) in [6, 6.07) is 1.10. The van der Waals surface area contributed by atoms with Crippen molar-refractivity contribution in [2.45, 2.75) is 57.2 Å². The number of aliphatic hydroxyl groups is 1. The minimum Gasteiger partial charge on any atom is -0.391 e. The van der Waals surface area contributed by atoms with Crippen LogP contribution in [0.1, 0.15) is 39.0 Å². The fourth-order valence-corrected chi connectivity index (χ4v) is 4.29. The molecule has 0 aromatic carbocycles. The Morgan fingerprint density at radius 3 is 2.76 bits per heavy atom. The van der Waals surface area contributed by atoms with E-state index in [9.17, 15) is 5.11 Å². The topological polar surface area (TPSA) is 35.5 Å². The van der Waals surface area contributed by atoms with Gasteiger partial charge < -0.3 is 10.4 Å². The van der Waals surface area contributed by atoms with E-state index >= 15 is 0 Å². The van der Waals surface area contributed by atoms with E-state index in [1.807, 2.05) is 0 Å². The Morgan fingerprint density at radius 2 is 1.94 bits per heavy atom. The molecule has 0 amide bonds. The fourth-order valence-electron chi connectivity index (χ4n) is 4.29. The molecule has 2 N–H and O–H groups in total. The molecule has 0 bridgehead atoms. The Bertz CT molecular complexity index is 271. The molecule has 2 heterocycles. The van der Waals surface area contributed by atoms with Crippen molar-refractivity contribution < 1.29 is 5.11 Å². The van der Waals surface area contributed by atoms with Gasteiger partial charge in [0, 0.05) is 18.6 Å². The van der Waals surface area contributed by atoms with Crippen LogP contribution in [0.15, 0.2) is 0 Å². The average Bonchev–Trinajstić information content (AvgIpc) is 2.81. The van der Waals surface area contributed by atoms with Crippen molar-refractivity contribution in [3.05, 3.63) is 0 Å². The summed E-state index contributed by atoms with van der Waals surface area (Å²) in [6.07, 6.45) is 5.98. The number of nitrogens with zero attached hydrogens (tertiary/aromatic N) is 1. The lowest BCUT2D eigenvalue weighted by Crippen LogP contribution is -2.46. The largest absolute Gasteiger partial charge is 0.391 e. The van der Waals surface area contributed by atoms with Gasteiger partial charge in [-0.15, -0.1) is 0 Å². The second kappa shape index (κ2) is 4.87. The van der Waals surface area contributed by atoms with Crippen molar-refractivity contribution in [2.75, 3.05) is 19.6 Å². The molecule has 0 spiro atoms. The lowest BCUT2D eigenvalue weighted by Gasteiger charge is -2.35. The van der Waals surface area contributed by atoms with Crippen LogP contribution in [-0.4, -0.2) is 47.8 Å². The van der Waals surface area contributed by atoms with Crippen LogP contribution >= 0.6 is 0 Å². The van der Waals surface area contributed by atoms with Gasteiger partial charge in [-0.3, -0.25) is 4.90 Å². The summed E-state index contributed by atoms with van der Waals surface area (Å²) in [4.78, 5) is 2.63. The van der Waals surface area contributed by atoms with Gasteiger partial charge in [0.15, 0.2) is 0 Å². The van der Waals surface area contributed by atoms with E-state index in [1.54, 1.807) is 0 Å². The molecule has 1 aliphatic carbocycles. The Balaban J connectivity index is 1.71.